The molecule has 21 heavy (non-hydrogen) atoms. The number of halogens is 1. The summed E-state index contributed by atoms with van der Waals surface area (Å²) in [4.78, 5) is 12.0. The van der Waals surface area contributed by atoms with Gasteiger partial charge < -0.3 is 10.1 Å². The number of aromatic nitrogens is 2. The lowest BCUT2D eigenvalue weighted by Gasteiger charge is -2.08. The van der Waals surface area contributed by atoms with Crippen molar-refractivity contribution >= 4 is 5.69 Å². The van der Waals surface area contributed by atoms with Crippen molar-refractivity contribution in [2.24, 2.45) is 0 Å². The van der Waals surface area contributed by atoms with Crippen molar-refractivity contribution in [3.63, 3.8) is 0 Å². The molecule has 1 aromatic heterocycles. The SMILES string of the molecule is CCCNc1cnn(Cc2ccc(OC)c(F)c2)c(=O)c1. The van der Waals surface area contributed by atoms with Crippen molar-refractivity contribution in [2.45, 2.75) is 19.9 Å². The number of anilines is 1. The molecule has 0 unspecified atom stereocenters. The lowest BCUT2D eigenvalue weighted by Crippen LogP contribution is -2.23. The molecule has 0 atom stereocenters. The Morgan fingerprint density at radius 3 is 2.81 bits per heavy atom. The molecule has 1 N–H and O–H groups in total. The summed E-state index contributed by atoms with van der Waals surface area (Å²) in [6.07, 6.45) is 2.56. The molecule has 112 valence electrons. The zero-order valence-corrected chi connectivity index (χ0v) is 12.1. The molecule has 0 aliphatic rings. The van der Waals surface area contributed by atoms with Gasteiger partial charge in [0, 0.05) is 12.6 Å². The van der Waals surface area contributed by atoms with Crippen LogP contribution in [0.15, 0.2) is 35.3 Å². The van der Waals surface area contributed by atoms with Gasteiger partial charge in [-0.3, -0.25) is 4.79 Å². The van der Waals surface area contributed by atoms with E-state index in [1.165, 1.54) is 30.0 Å². The second kappa shape index (κ2) is 6.88. The fraction of sp³-hybridized carbons (Fsp3) is 0.333. The molecule has 1 heterocycles. The molecule has 0 aliphatic heterocycles. The van der Waals surface area contributed by atoms with E-state index in [1.54, 1.807) is 12.3 Å². The average molecular weight is 291 g/mol. The smallest absolute Gasteiger partial charge is 0.269 e. The zero-order chi connectivity index (χ0) is 15.2. The van der Waals surface area contributed by atoms with Crippen molar-refractivity contribution in [3.8, 4) is 5.75 Å². The van der Waals surface area contributed by atoms with Crippen LogP contribution in [0.25, 0.3) is 0 Å². The van der Waals surface area contributed by atoms with E-state index in [0.29, 0.717) is 11.3 Å². The van der Waals surface area contributed by atoms with E-state index in [2.05, 4.69) is 10.4 Å². The first-order valence-electron chi connectivity index (χ1n) is 6.77. The summed E-state index contributed by atoms with van der Waals surface area (Å²) in [5.41, 5.74) is 1.11. The van der Waals surface area contributed by atoms with Crippen molar-refractivity contribution in [3.05, 3.63) is 52.2 Å². The maximum atomic E-state index is 13.6. The van der Waals surface area contributed by atoms with Crippen LogP contribution in [0.2, 0.25) is 0 Å². The first-order valence-corrected chi connectivity index (χ1v) is 6.77. The van der Waals surface area contributed by atoms with E-state index in [1.807, 2.05) is 6.92 Å². The van der Waals surface area contributed by atoms with E-state index in [-0.39, 0.29) is 17.9 Å². The van der Waals surface area contributed by atoms with Crippen LogP contribution < -0.4 is 15.6 Å². The van der Waals surface area contributed by atoms with Gasteiger partial charge in [-0.25, -0.2) is 9.07 Å². The minimum Gasteiger partial charge on any atom is -0.494 e. The highest BCUT2D eigenvalue weighted by Crippen LogP contribution is 2.17. The van der Waals surface area contributed by atoms with E-state index in [9.17, 15) is 9.18 Å². The number of ether oxygens (including phenoxy) is 1. The first kappa shape index (κ1) is 15.0. The van der Waals surface area contributed by atoms with Crippen LogP contribution in [0.3, 0.4) is 0 Å². The Hall–Kier alpha value is -2.37. The Kier molecular flexibility index (Phi) is 4.92. The zero-order valence-electron chi connectivity index (χ0n) is 12.1. The largest absolute Gasteiger partial charge is 0.494 e. The molecule has 0 fully saturated rings. The Balaban J connectivity index is 2.16. The van der Waals surface area contributed by atoms with Gasteiger partial charge in [0.25, 0.3) is 5.56 Å². The maximum absolute atomic E-state index is 13.6. The van der Waals surface area contributed by atoms with Gasteiger partial charge in [0.2, 0.25) is 0 Å². The molecule has 0 aliphatic carbocycles. The number of hydrogen-bond acceptors (Lipinski definition) is 4. The number of nitrogens with one attached hydrogen (secondary N) is 1. The lowest BCUT2D eigenvalue weighted by molar-refractivity contribution is 0.386. The van der Waals surface area contributed by atoms with Crippen LogP contribution in [0.5, 0.6) is 5.75 Å². The third kappa shape index (κ3) is 3.81. The number of rotatable bonds is 6. The fourth-order valence-electron chi connectivity index (χ4n) is 1.90. The minimum absolute atomic E-state index is 0.179. The van der Waals surface area contributed by atoms with Crippen LogP contribution in [-0.4, -0.2) is 23.4 Å². The third-order valence-corrected chi connectivity index (χ3v) is 3.00. The second-order valence-electron chi connectivity index (χ2n) is 4.64. The highest BCUT2D eigenvalue weighted by atomic mass is 19.1. The number of nitrogens with zero attached hydrogens (tertiary/aromatic N) is 2. The Labute approximate surface area is 122 Å². The molecular weight excluding hydrogens is 273 g/mol. The summed E-state index contributed by atoms with van der Waals surface area (Å²) in [6.45, 7) is 3.04. The highest BCUT2D eigenvalue weighted by molar-refractivity contribution is 5.38. The summed E-state index contributed by atoms with van der Waals surface area (Å²) in [5, 5.41) is 7.18. The summed E-state index contributed by atoms with van der Waals surface area (Å²) in [7, 11) is 1.41. The van der Waals surface area contributed by atoms with Crippen LogP contribution in [0.1, 0.15) is 18.9 Å². The number of methoxy groups -OCH3 is 1. The molecule has 2 aromatic rings. The summed E-state index contributed by atoms with van der Waals surface area (Å²) < 4.78 is 19.8. The Morgan fingerprint density at radius 1 is 1.38 bits per heavy atom. The van der Waals surface area contributed by atoms with Crippen LogP contribution >= 0.6 is 0 Å². The van der Waals surface area contributed by atoms with Gasteiger partial charge in [-0.05, 0) is 24.1 Å². The first-order chi connectivity index (χ1) is 10.1. The van der Waals surface area contributed by atoms with Crippen LogP contribution in [0, 0.1) is 5.82 Å². The van der Waals surface area contributed by atoms with E-state index >= 15 is 0 Å². The molecule has 0 saturated carbocycles. The summed E-state index contributed by atoms with van der Waals surface area (Å²) in [6, 6.07) is 6.07. The fourth-order valence-corrected chi connectivity index (χ4v) is 1.90. The van der Waals surface area contributed by atoms with E-state index < -0.39 is 5.82 Å². The lowest BCUT2D eigenvalue weighted by atomic mass is 10.2. The minimum atomic E-state index is -0.454. The molecule has 6 heteroatoms. The second-order valence-corrected chi connectivity index (χ2v) is 4.64. The summed E-state index contributed by atoms with van der Waals surface area (Å²) in [5.74, 6) is -0.276. The van der Waals surface area contributed by atoms with Gasteiger partial charge in [0.05, 0.1) is 25.5 Å². The Bertz CT molecular complexity index is 670. The van der Waals surface area contributed by atoms with Crippen molar-refractivity contribution in [2.75, 3.05) is 19.0 Å². The topological polar surface area (TPSA) is 56.1 Å². The van der Waals surface area contributed by atoms with Crippen LogP contribution in [-0.2, 0) is 6.54 Å². The highest BCUT2D eigenvalue weighted by Gasteiger charge is 2.06. The molecule has 0 amide bonds. The molecule has 0 spiro atoms. The predicted octanol–water partition coefficient (Wildman–Crippen LogP) is 2.26. The third-order valence-electron chi connectivity index (χ3n) is 3.00. The van der Waals surface area contributed by atoms with Gasteiger partial charge in [-0.15, -0.1) is 0 Å². The van der Waals surface area contributed by atoms with E-state index in [4.69, 9.17) is 4.74 Å². The predicted molar refractivity (Wildman–Crippen MR) is 79.3 cm³/mol. The molecule has 0 radical (unpaired) electrons. The molecule has 1 aromatic carbocycles. The number of hydrogen-bond donors (Lipinski definition) is 1. The average Bonchev–Trinajstić information content (AvgIpc) is 2.48. The number of benzene rings is 1. The molecule has 0 bridgehead atoms. The van der Waals surface area contributed by atoms with Crippen molar-refractivity contribution in [1.29, 1.82) is 0 Å². The summed E-state index contributed by atoms with van der Waals surface area (Å²) >= 11 is 0. The van der Waals surface area contributed by atoms with Gasteiger partial charge in [-0.1, -0.05) is 13.0 Å². The molecule has 0 saturated heterocycles. The maximum Gasteiger partial charge on any atom is 0.269 e. The van der Waals surface area contributed by atoms with Gasteiger partial charge in [-0.2, -0.15) is 5.10 Å². The van der Waals surface area contributed by atoms with Gasteiger partial charge >= 0.3 is 0 Å². The van der Waals surface area contributed by atoms with Crippen LogP contribution in [0.4, 0.5) is 10.1 Å². The molecule has 5 nitrogen and oxygen atoms in total. The quantitative estimate of drug-likeness (QED) is 0.887. The van der Waals surface area contributed by atoms with E-state index in [0.717, 1.165) is 13.0 Å². The van der Waals surface area contributed by atoms with Gasteiger partial charge in [0.15, 0.2) is 11.6 Å². The normalized spacial score (nSPS) is 10.4. The molecular formula is C15H18FN3O2. The van der Waals surface area contributed by atoms with Crippen molar-refractivity contribution in [1.82, 2.24) is 9.78 Å². The van der Waals surface area contributed by atoms with Gasteiger partial charge in [0.1, 0.15) is 0 Å². The standard InChI is InChI=1S/C15H18FN3O2/c1-3-6-17-12-8-15(20)19(18-9-12)10-11-4-5-14(21-2)13(16)7-11/h4-5,7-9,17H,3,6,10H2,1-2H3. The monoisotopic (exact) mass is 291 g/mol. The molecule has 2 rings (SSSR count). The Morgan fingerprint density at radius 2 is 2.19 bits per heavy atom. The van der Waals surface area contributed by atoms with Crippen molar-refractivity contribution < 1.29 is 9.13 Å².